The lowest BCUT2D eigenvalue weighted by Gasteiger charge is -2.44. The second-order valence-electron chi connectivity index (χ2n) is 7.68. The Hall–Kier alpha value is -1.42. The van der Waals surface area contributed by atoms with E-state index in [0.717, 1.165) is 0 Å². The maximum Gasteiger partial charge on any atom is 0.261 e. The topological polar surface area (TPSA) is 29.5 Å². The zero-order valence-corrected chi connectivity index (χ0v) is 16.5. The molecule has 0 aromatic heterocycles. The first-order valence-electron chi connectivity index (χ1n) is 8.74. The molecule has 0 fully saturated rings. The first kappa shape index (κ1) is 18.9. The zero-order valence-electron chi connectivity index (χ0n) is 15.5. The monoisotopic (exact) mass is 342 g/mol. The quantitative estimate of drug-likeness (QED) is 0.811. The minimum atomic E-state index is -2.49. The summed E-state index contributed by atoms with van der Waals surface area (Å²) < 4.78 is 6.86. The van der Waals surface area contributed by atoms with Crippen LogP contribution in [0.2, 0.25) is 5.04 Å². The van der Waals surface area contributed by atoms with E-state index in [1.807, 2.05) is 6.92 Å². The third-order valence-corrected chi connectivity index (χ3v) is 9.63. The van der Waals surface area contributed by atoms with Gasteiger partial charge in [0.2, 0.25) is 0 Å². The van der Waals surface area contributed by atoms with E-state index in [4.69, 9.17) is 4.43 Å². The summed E-state index contributed by atoms with van der Waals surface area (Å²) in [6.07, 6.45) is 0.277. The molecule has 1 N–H and O–H groups in total. The fraction of sp³-hybridized carbons (Fsp3) is 0.429. The van der Waals surface area contributed by atoms with Crippen LogP contribution in [-0.4, -0.2) is 25.6 Å². The van der Waals surface area contributed by atoms with E-state index in [2.05, 4.69) is 88.4 Å². The van der Waals surface area contributed by atoms with Crippen molar-refractivity contribution in [3.05, 3.63) is 60.7 Å². The maximum atomic E-state index is 9.80. The number of aliphatic hydroxyl groups excluding tert-OH is 1. The van der Waals surface area contributed by atoms with E-state index in [1.54, 1.807) is 0 Å². The van der Waals surface area contributed by atoms with Crippen LogP contribution in [0.1, 0.15) is 41.0 Å². The number of rotatable bonds is 6. The second-order valence-corrected chi connectivity index (χ2v) is 11.9. The van der Waals surface area contributed by atoms with Gasteiger partial charge in [-0.1, -0.05) is 81.4 Å². The van der Waals surface area contributed by atoms with Crippen molar-refractivity contribution in [1.82, 2.24) is 0 Å². The average Bonchev–Trinajstić information content (AvgIpc) is 2.52. The molecule has 0 heterocycles. The third kappa shape index (κ3) is 3.97. The van der Waals surface area contributed by atoms with E-state index in [9.17, 15) is 5.11 Å². The lowest BCUT2D eigenvalue weighted by atomic mass is 10.2. The first-order valence-corrected chi connectivity index (χ1v) is 10.6. The summed E-state index contributed by atoms with van der Waals surface area (Å²) in [6.45, 7) is 10.7. The van der Waals surface area contributed by atoms with Crippen LogP contribution in [0.5, 0.6) is 0 Å². The Morgan fingerprint density at radius 2 is 1.29 bits per heavy atom. The molecule has 130 valence electrons. The smallest absolute Gasteiger partial charge is 0.261 e. The van der Waals surface area contributed by atoms with Crippen molar-refractivity contribution in [2.45, 2.75) is 58.3 Å². The zero-order chi connectivity index (χ0) is 17.8. The lowest BCUT2D eigenvalue weighted by Crippen LogP contribution is -2.67. The van der Waals surface area contributed by atoms with Gasteiger partial charge >= 0.3 is 0 Å². The van der Waals surface area contributed by atoms with Crippen LogP contribution in [0.3, 0.4) is 0 Å². The molecule has 0 aliphatic carbocycles. The molecule has 2 rings (SSSR count). The Morgan fingerprint density at radius 3 is 1.62 bits per heavy atom. The van der Waals surface area contributed by atoms with Crippen molar-refractivity contribution >= 4 is 18.7 Å². The van der Waals surface area contributed by atoms with Gasteiger partial charge in [0.1, 0.15) is 0 Å². The summed E-state index contributed by atoms with van der Waals surface area (Å²) in [5, 5.41) is 12.3. The van der Waals surface area contributed by atoms with Crippen molar-refractivity contribution in [3.63, 3.8) is 0 Å². The molecular weight excluding hydrogens is 312 g/mol. The van der Waals surface area contributed by atoms with Gasteiger partial charge in [0.05, 0.1) is 6.10 Å². The Balaban J connectivity index is 2.62. The van der Waals surface area contributed by atoms with E-state index in [0.29, 0.717) is 6.42 Å². The van der Waals surface area contributed by atoms with Gasteiger partial charge in [0.15, 0.2) is 0 Å². The van der Waals surface area contributed by atoms with Crippen molar-refractivity contribution < 1.29 is 9.53 Å². The SMILES string of the molecule is CC(O)C[C@@H](C)O[Si](c1ccccc1)(c1ccccc1)C(C)(C)C. The highest BCUT2D eigenvalue weighted by molar-refractivity contribution is 6.99. The van der Waals surface area contributed by atoms with Crippen molar-refractivity contribution in [2.24, 2.45) is 0 Å². The molecule has 0 radical (unpaired) electrons. The summed E-state index contributed by atoms with van der Waals surface area (Å²) in [6, 6.07) is 21.2. The largest absolute Gasteiger partial charge is 0.405 e. The molecule has 0 spiro atoms. The van der Waals surface area contributed by atoms with Crippen LogP contribution in [0, 0.1) is 0 Å². The van der Waals surface area contributed by atoms with E-state index < -0.39 is 8.32 Å². The van der Waals surface area contributed by atoms with Gasteiger partial charge in [-0.3, -0.25) is 0 Å². The molecule has 0 aliphatic heterocycles. The minimum absolute atomic E-state index is 0.00342. The highest BCUT2D eigenvalue weighted by Crippen LogP contribution is 2.37. The highest BCUT2D eigenvalue weighted by Gasteiger charge is 2.50. The fourth-order valence-electron chi connectivity index (χ4n) is 3.52. The lowest BCUT2D eigenvalue weighted by molar-refractivity contribution is 0.109. The van der Waals surface area contributed by atoms with Gasteiger partial charge in [-0.2, -0.15) is 0 Å². The average molecular weight is 343 g/mol. The van der Waals surface area contributed by atoms with Gasteiger partial charge in [-0.15, -0.1) is 0 Å². The number of hydrogen-bond acceptors (Lipinski definition) is 2. The molecule has 0 amide bonds. The van der Waals surface area contributed by atoms with Crippen LogP contribution in [0.25, 0.3) is 0 Å². The molecule has 0 saturated carbocycles. The molecule has 0 aliphatic rings. The number of aliphatic hydroxyl groups is 1. The molecule has 2 aromatic rings. The Labute approximate surface area is 147 Å². The molecule has 0 bridgehead atoms. The summed E-state index contributed by atoms with van der Waals surface area (Å²) in [7, 11) is -2.49. The van der Waals surface area contributed by atoms with Crippen LogP contribution in [0.4, 0.5) is 0 Å². The first-order chi connectivity index (χ1) is 11.3. The van der Waals surface area contributed by atoms with Crippen LogP contribution in [0.15, 0.2) is 60.7 Å². The molecule has 2 nitrogen and oxygen atoms in total. The van der Waals surface area contributed by atoms with Gasteiger partial charge in [0, 0.05) is 6.10 Å². The summed E-state index contributed by atoms with van der Waals surface area (Å²) in [5.74, 6) is 0. The second kappa shape index (κ2) is 7.64. The van der Waals surface area contributed by atoms with Crippen molar-refractivity contribution in [3.8, 4) is 0 Å². The molecule has 1 unspecified atom stereocenters. The standard InChI is InChI=1S/C21H30O2Si/c1-17(22)16-18(2)23-24(21(3,4)5,19-12-8-6-9-13-19)20-14-10-7-11-15-20/h6-15,17-18,22H,16H2,1-5H3/t17?,18-/m1/s1. The van der Waals surface area contributed by atoms with E-state index in [1.165, 1.54) is 10.4 Å². The molecular formula is C21H30O2Si. The van der Waals surface area contributed by atoms with Crippen molar-refractivity contribution in [2.75, 3.05) is 0 Å². The molecule has 0 saturated heterocycles. The Morgan fingerprint density at radius 1 is 0.875 bits per heavy atom. The summed E-state index contributed by atoms with van der Waals surface area (Å²) in [5.41, 5.74) is 0. The van der Waals surface area contributed by atoms with Crippen LogP contribution < -0.4 is 10.4 Å². The van der Waals surface area contributed by atoms with Crippen molar-refractivity contribution in [1.29, 1.82) is 0 Å². The van der Waals surface area contributed by atoms with Gasteiger partial charge in [-0.05, 0) is 35.7 Å². The minimum Gasteiger partial charge on any atom is -0.405 e. The number of benzene rings is 2. The predicted octanol–water partition coefficient (Wildman–Crippen LogP) is 3.72. The highest BCUT2D eigenvalue weighted by atomic mass is 28.4. The van der Waals surface area contributed by atoms with Crippen LogP contribution >= 0.6 is 0 Å². The predicted molar refractivity (Wildman–Crippen MR) is 104 cm³/mol. The van der Waals surface area contributed by atoms with Crippen LogP contribution in [-0.2, 0) is 4.43 Å². The van der Waals surface area contributed by atoms with E-state index in [-0.39, 0.29) is 17.2 Å². The molecule has 2 aromatic carbocycles. The Bertz CT molecular complexity index is 578. The molecule has 24 heavy (non-hydrogen) atoms. The Kier molecular flexibility index (Phi) is 6.02. The van der Waals surface area contributed by atoms with E-state index >= 15 is 0 Å². The number of hydrogen-bond donors (Lipinski definition) is 1. The maximum absolute atomic E-state index is 9.80. The molecule has 2 atom stereocenters. The summed E-state index contributed by atoms with van der Waals surface area (Å²) in [4.78, 5) is 0. The van der Waals surface area contributed by atoms with Gasteiger partial charge in [-0.25, -0.2) is 0 Å². The fourth-order valence-corrected chi connectivity index (χ4v) is 8.24. The summed E-state index contributed by atoms with van der Waals surface area (Å²) >= 11 is 0. The van der Waals surface area contributed by atoms with Gasteiger partial charge in [0.25, 0.3) is 8.32 Å². The molecule has 3 heteroatoms. The third-order valence-electron chi connectivity index (χ3n) is 4.47. The van der Waals surface area contributed by atoms with Gasteiger partial charge < -0.3 is 9.53 Å². The normalized spacial score (nSPS) is 15.1.